The molecule has 2 aromatic rings. The van der Waals surface area contributed by atoms with Crippen molar-refractivity contribution in [1.82, 2.24) is 9.80 Å². The van der Waals surface area contributed by atoms with Gasteiger partial charge in [0.2, 0.25) is 5.91 Å². The summed E-state index contributed by atoms with van der Waals surface area (Å²) in [7, 11) is 0. The Bertz CT molecular complexity index is 783. The minimum Gasteiger partial charge on any atom is -0.459 e. The maximum atomic E-state index is 12.3. The van der Waals surface area contributed by atoms with Crippen LogP contribution in [0.15, 0.2) is 47.1 Å². The van der Waals surface area contributed by atoms with Crippen LogP contribution in [0.3, 0.4) is 0 Å². The molecule has 1 fully saturated rings. The SMILES string of the molecule is CC(C)(C)c1ccc(NC(=O)CCN2CCN(C(=O)c3ccco3)CC2)cc1. The molecule has 1 aromatic carbocycles. The molecule has 0 atom stereocenters. The van der Waals surface area contributed by atoms with Gasteiger partial charge in [0.15, 0.2) is 5.76 Å². The zero-order valence-electron chi connectivity index (χ0n) is 16.9. The summed E-state index contributed by atoms with van der Waals surface area (Å²) in [6, 6.07) is 11.4. The maximum absolute atomic E-state index is 12.3. The minimum atomic E-state index is -0.0684. The standard InChI is InChI=1S/C22H29N3O3/c1-22(2,3)17-6-8-18(9-7-17)23-20(26)10-11-24-12-14-25(15-13-24)21(27)19-5-4-16-28-19/h4-9,16H,10-15H2,1-3H3,(H,23,26). The van der Waals surface area contributed by atoms with Gasteiger partial charge in [0.25, 0.3) is 5.91 Å². The van der Waals surface area contributed by atoms with Gasteiger partial charge in [0.1, 0.15) is 0 Å². The van der Waals surface area contributed by atoms with Crippen LogP contribution in [-0.2, 0) is 10.2 Å². The smallest absolute Gasteiger partial charge is 0.289 e. The molecule has 0 spiro atoms. The van der Waals surface area contributed by atoms with Crippen LogP contribution in [0, 0.1) is 0 Å². The third-order valence-electron chi connectivity index (χ3n) is 5.08. The van der Waals surface area contributed by atoms with Gasteiger partial charge in [0, 0.05) is 44.8 Å². The molecule has 0 radical (unpaired) electrons. The van der Waals surface area contributed by atoms with Crippen LogP contribution in [0.25, 0.3) is 0 Å². The second-order valence-electron chi connectivity index (χ2n) is 8.24. The first kappa shape index (κ1) is 20.1. The summed E-state index contributed by atoms with van der Waals surface area (Å²) < 4.78 is 5.18. The third kappa shape index (κ3) is 5.23. The molecule has 6 nitrogen and oxygen atoms in total. The number of piperazine rings is 1. The Labute approximate surface area is 166 Å². The number of nitrogens with zero attached hydrogens (tertiary/aromatic N) is 2. The van der Waals surface area contributed by atoms with E-state index in [2.05, 4.69) is 43.1 Å². The number of benzene rings is 1. The van der Waals surface area contributed by atoms with E-state index in [9.17, 15) is 9.59 Å². The van der Waals surface area contributed by atoms with Gasteiger partial charge in [0.05, 0.1) is 6.26 Å². The van der Waals surface area contributed by atoms with Crippen molar-refractivity contribution < 1.29 is 14.0 Å². The highest BCUT2D eigenvalue weighted by Gasteiger charge is 2.23. The Balaban J connectivity index is 1.40. The molecular weight excluding hydrogens is 354 g/mol. The lowest BCUT2D eigenvalue weighted by molar-refractivity contribution is -0.116. The Morgan fingerprint density at radius 2 is 1.71 bits per heavy atom. The van der Waals surface area contributed by atoms with Crippen LogP contribution in [0.2, 0.25) is 0 Å². The molecule has 28 heavy (non-hydrogen) atoms. The zero-order chi connectivity index (χ0) is 20.1. The highest BCUT2D eigenvalue weighted by molar-refractivity contribution is 5.91. The third-order valence-corrected chi connectivity index (χ3v) is 5.08. The number of anilines is 1. The van der Waals surface area contributed by atoms with Gasteiger partial charge >= 0.3 is 0 Å². The van der Waals surface area contributed by atoms with Crippen LogP contribution in [0.5, 0.6) is 0 Å². The van der Waals surface area contributed by atoms with Crippen LogP contribution in [0.1, 0.15) is 43.3 Å². The number of nitrogens with one attached hydrogen (secondary N) is 1. The van der Waals surface area contributed by atoms with Gasteiger partial charge < -0.3 is 14.6 Å². The van der Waals surface area contributed by atoms with Gasteiger partial charge in [-0.25, -0.2) is 0 Å². The van der Waals surface area contributed by atoms with Crippen LogP contribution in [-0.4, -0.2) is 54.3 Å². The molecule has 1 aliphatic heterocycles. The summed E-state index contributed by atoms with van der Waals surface area (Å²) in [5.74, 6) is 0.323. The van der Waals surface area contributed by atoms with Crippen molar-refractivity contribution in [3.63, 3.8) is 0 Å². The van der Waals surface area contributed by atoms with Crippen molar-refractivity contribution in [3.05, 3.63) is 54.0 Å². The zero-order valence-corrected chi connectivity index (χ0v) is 16.9. The first-order valence-corrected chi connectivity index (χ1v) is 9.78. The number of carbonyl (C=O) groups excluding carboxylic acids is 2. The van der Waals surface area contributed by atoms with Crippen LogP contribution < -0.4 is 5.32 Å². The van der Waals surface area contributed by atoms with Crippen LogP contribution >= 0.6 is 0 Å². The van der Waals surface area contributed by atoms with Crippen molar-refractivity contribution in [2.75, 3.05) is 38.0 Å². The molecule has 2 amide bonds. The van der Waals surface area contributed by atoms with E-state index < -0.39 is 0 Å². The Hall–Kier alpha value is -2.60. The summed E-state index contributed by atoms with van der Waals surface area (Å²) in [6.45, 7) is 10.0. The predicted molar refractivity (Wildman–Crippen MR) is 109 cm³/mol. The van der Waals surface area contributed by atoms with Gasteiger partial charge in [-0.15, -0.1) is 0 Å². The van der Waals surface area contributed by atoms with E-state index in [0.717, 1.165) is 18.8 Å². The van der Waals surface area contributed by atoms with Gasteiger partial charge in [-0.2, -0.15) is 0 Å². The van der Waals surface area contributed by atoms with E-state index in [1.807, 2.05) is 12.1 Å². The molecular formula is C22H29N3O3. The molecule has 6 heteroatoms. The average Bonchev–Trinajstić information content (AvgIpc) is 3.21. The van der Waals surface area contributed by atoms with Gasteiger partial charge in [-0.05, 0) is 35.2 Å². The van der Waals surface area contributed by atoms with Gasteiger partial charge in [-0.3, -0.25) is 14.5 Å². The second kappa shape index (κ2) is 8.61. The highest BCUT2D eigenvalue weighted by Crippen LogP contribution is 2.23. The molecule has 1 aliphatic rings. The lowest BCUT2D eigenvalue weighted by Crippen LogP contribution is -2.49. The summed E-state index contributed by atoms with van der Waals surface area (Å²) in [6.07, 6.45) is 1.95. The van der Waals surface area contributed by atoms with E-state index in [4.69, 9.17) is 4.42 Å². The van der Waals surface area contributed by atoms with E-state index in [0.29, 0.717) is 31.8 Å². The van der Waals surface area contributed by atoms with Crippen molar-refractivity contribution in [1.29, 1.82) is 0 Å². The first-order valence-electron chi connectivity index (χ1n) is 9.78. The number of furan rings is 1. The Morgan fingerprint density at radius 3 is 2.29 bits per heavy atom. The number of amides is 2. The summed E-state index contributed by atoms with van der Waals surface area (Å²) in [5, 5.41) is 2.96. The number of rotatable bonds is 5. The molecule has 3 rings (SSSR count). The predicted octanol–water partition coefficient (Wildman–Crippen LogP) is 3.36. The molecule has 1 saturated heterocycles. The molecule has 150 valence electrons. The molecule has 0 bridgehead atoms. The fourth-order valence-electron chi connectivity index (χ4n) is 3.27. The monoisotopic (exact) mass is 383 g/mol. The van der Waals surface area contributed by atoms with Crippen molar-refractivity contribution in [2.24, 2.45) is 0 Å². The maximum Gasteiger partial charge on any atom is 0.289 e. The summed E-state index contributed by atoms with van der Waals surface area (Å²) >= 11 is 0. The molecule has 0 aliphatic carbocycles. The molecule has 1 aromatic heterocycles. The largest absolute Gasteiger partial charge is 0.459 e. The highest BCUT2D eigenvalue weighted by atomic mass is 16.3. The normalized spacial score (nSPS) is 15.5. The summed E-state index contributed by atoms with van der Waals surface area (Å²) in [5.41, 5.74) is 2.17. The Morgan fingerprint density at radius 1 is 1.04 bits per heavy atom. The molecule has 0 unspecified atom stereocenters. The Kier molecular flexibility index (Phi) is 6.19. The van der Waals surface area contributed by atoms with Crippen molar-refractivity contribution >= 4 is 17.5 Å². The van der Waals surface area contributed by atoms with Gasteiger partial charge in [-0.1, -0.05) is 32.9 Å². The van der Waals surface area contributed by atoms with Crippen molar-refractivity contribution in [2.45, 2.75) is 32.6 Å². The van der Waals surface area contributed by atoms with E-state index >= 15 is 0 Å². The van der Waals surface area contributed by atoms with E-state index in [1.165, 1.54) is 11.8 Å². The van der Waals surface area contributed by atoms with Crippen LogP contribution in [0.4, 0.5) is 5.69 Å². The molecule has 1 N–H and O–H groups in total. The van der Waals surface area contributed by atoms with Crippen molar-refractivity contribution in [3.8, 4) is 0 Å². The topological polar surface area (TPSA) is 65.8 Å². The first-order chi connectivity index (χ1) is 13.3. The lowest BCUT2D eigenvalue weighted by atomic mass is 9.87. The van der Waals surface area contributed by atoms with E-state index in [1.54, 1.807) is 17.0 Å². The average molecular weight is 383 g/mol. The fraction of sp³-hybridized carbons (Fsp3) is 0.455. The van der Waals surface area contributed by atoms with E-state index in [-0.39, 0.29) is 17.2 Å². The number of hydrogen-bond donors (Lipinski definition) is 1. The second-order valence-corrected chi connectivity index (χ2v) is 8.24. The number of hydrogen-bond acceptors (Lipinski definition) is 4. The molecule has 2 heterocycles. The fourth-order valence-corrected chi connectivity index (χ4v) is 3.27. The minimum absolute atomic E-state index is 0.0117. The quantitative estimate of drug-likeness (QED) is 0.860. The number of carbonyl (C=O) groups is 2. The summed E-state index contributed by atoms with van der Waals surface area (Å²) in [4.78, 5) is 28.5. The lowest BCUT2D eigenvalue weighted by Gasteiger charge is -2.34. The molecule has 0 saturated carbocycles.